The summed E-state index contributed by atoms with van der Waals surface area (Å²) < 4.78 is 13.0. The number of pyridine rings is 1. The molecule has 0 unspecified atom stereocenters. The SMILES string of the molecule is O=c1oc2c3ccccc3n(-c3ccccc3)c(=O)c2c2c1oc1ccccc12. The lowest BCUT2D eigenvalue weighted by Crippen LogP contribution is -2.20. The van der Waals surface area contributed by atoms with Crippen LogP contribution in [0.4, 0.5) is 0 Å². The van der Waals surface area contributed by atoms with Gasteiger partial charge in [-0.25, -0.2) is 4.79 Å². The average Bonchev–Trinajstić information content (AvgIpc) is 3.15. The minimum Gasteiger partial charge on any atom is -0.448 e. The van der Waals surface area contributed by atoms with E-state index in [0.29, 0.717) is 32.6 Å². The van der Waals surface area contributed by atoms with Crippen LogP contribution in [0.1, 0.15) is 0 Å². The molecule has 0 radical (unpaired) electrons. The Balaban J connectivity index is 1.99. The topological polar surface area (TPSA) is 65.3 Å². The molecule has 3 aromatic heterocycles. The molecule has 29 heavy (non-hydrogen) atoms. The summed E-state index contributed by atoms with van der Waals surface area (Å²) in [4.78, 5) is 26.5. The van der Waals surface area contributed by atoms with Gasteiger partial charge in [0.1, 0.15) is 5.58 Å². The zero-order valence-electron chi connectivity index (χ0n) is 15.1. The Morgan fingerprint density at radius 3 is 2.14 bits per heavy atom. The molecule has 3 aromatic carbocycles. The van der Waals surface area contributed by atoms with Crippen molar-refractivity contribution in [3.05, 3.63) is 99.6 Å². The molecule has 0 aliphatic carbocycles. The van der Waals surface area contributed by atoms with Crippen LogP contribution in [-0.2, 0) is 0 Å². The first-order valence-electron chi connectivity index (χ1n) is 9.21. The predicted octanol–water partition coefficient (Wildman–Crippen LogP) is 5.00. The van der Waals surface area contributed by atoms with Crippen LogP contribution in [0.5, 0.6) is 0 Å². The van der Waals surface area contributed by atoms with E-state index in [1.165, 1.54) is 0 Å². The molecule has 5 nitrogen and oxygen atoms in total. The summed E-state index contributed by atoms with van der Waals surface area (Å²) in [5.74, 6) is 0. The van der Waals surface area contributed by atoms with Gasteiger partial charge in [-0.2, -0.15) is 0 Å². The van der Waals surface area contributed by atoms with Gasteiger partial charge in [0.25, 0.3) is 5.56 Å². The Kier molecular flexibility index (Phi) is 3.12. The van der Waals surface area contributed by atoms with Crippen molar-refractivity contribution in [3.8, 4) is 5.69 Å². The summed E-state index contributed by atoms with van der Waals surface area (Å²) in [5, 5.41) is 2.24. The smallest absolute Gasteiger partial charge is 0.380 e. The Bertz CT molecular complexity index is 1690. The van der Waals surface area contributed by atoms with E-state index >= 15 is 0 Å². The van der Waals surface area contributed by atoms with Crippen molar-refractivity contribution in [2.24, 2.45) is 0 Å². The van der Waals surface area contributed by atoms with E-state index < -0.39 is 5.63 Å². The largest absolute Gasteiger partial charge is 0.448 e. The fraction of sp³-hybridized carbons (Fsp3) is 0. The summed E-state index contributed by atoms with van der Waals surface area (Å²) in [7, 11) is 0. The minimum absolute atomic E-state index is 0.0608. The van der Waals surface area contributed by atoms with Gasteiger partial charge in [0.2, 0.25) is 5.58 Å². The Morgan fingerprint density at radius 2 is 1.31 bits per heavy atom. The molecule has 0 fully saturated rings. The number of nitrogens with zero attached hydrogens (tertiary/aromatic N) is 1. The van der Waals surface area contributed by atoms with Crippen LogP contribution in [0, 0.1) is 0 Å². The normalized spacial score (nSPS) is 11.7. The number of hydrogen-bond donors (Lipinski definition) is 0. The Labute approximate surface area is 163 Å². The quantitative estimate of drug-likeness (QED) is 0.377. The highest BCUT2D eigenvalue weighted by atomic mass is 16.4. The molecule has 0 N–H and O–H groups in total. The average molecular weight is 379 g/mol. The van der Waals surface area contributed by atoms with Crippen LogP contribution in [-0.4, -0.2) is 4.57 Å². The van der Waals surface area contributed by atoms with E-state index in [9.17, 15) is 9.59 Å². The van der Waals surface area contributed by atoms with Crippen LogP contribution in [0.15, 0.2) is 97.3 Å². The molecule has 0 bridgehead atoms. The molecule has 0 amide bonds. The summed E-state index contributed by atoms with van der Waals surface area (Å²) >= 11 is 0. The van der Waals surface area contributed by atoms with Gasteiger partial charge >= 0.3 is 5.63 Å². The van der Waals surface area contributed by atoms with Gasteiger partial charge in [0, 0.05) is 16.5 Å². The summed E-state index contributed by atoms with van der Waals surface area (Å²) in [5.41, 5.74) is 1.44. The summed E-state index contributed by atoms with van der Waals surface area (Å²) in [6.45, 7) is 0. The van der Waals surface area contributed by atoms with Crippen molar-refractivity contribution in [2.45, 2.75) is 0 Å². The maximum atomic E-state index is 13.8. The lowest BCUT2D eigenvalue weighted by atomic mass is 10.1. The fourth-order valence-electron chi connectivity index (χ4n) is 4.05. The molecule has 6 aromatic rings. The van der Waals surface area contributed by atoms with Gasteiger partial charge in [-0.15, -0.1) is 0 Å². The van der Waals surface area contributed by atoms with E-state index in [1.807, 2.05) is 72.8 Å². The third kappa shape index (κ3) is 2.09. The highest BCUT2D eigenvalue weighted by Crippen LogP contribution is 2.34. The standard InChI is InChI=1S/C24H13NO4/c26-23-20-19-16-11-5-7-13-18(16)28-22(19)24(27)29-21(20)15-10-4-6-12-17(15)25(23)14-8-2-1-3-9-14/h1-13H. The molecule has 0 aliphatic heterocycles. The molecule has 138 valence electrons. The van der Waals surface area contributed by atoms with Gasteiger partial charge in [-0.1, -0.05) is 48.5 Å². The van der Waals surface area contributed by atoms with Gasteiger partial charge in [0.15, 0.2) is 5.58 Å². The number of furan rings is 1. The molecular weight excluding hydrogens is 366 g/mol. The number of hydrogen-bond acceptors (Lipinski definition) is 4. The van der Waals surface area contributed by atoms with Crippen LogP contribution in [0.2, 0.25) is 0 Å². The lowest BCUT2D eigenvalue weighted by Gasteiger charge is -2.12. The van der Waals surface area contributed by atoms with Crippen LogP contribution in [0.3, 0.4) is 0 Å². The maximum Gasteiger partial charge on any atom is 0.380 e. The molecule has 0 aliphatic rings. The van der Waals surface area contributed by atoms with Crippen molar-refractivity contribution in [1.29, 1.82) is 0 Å². The second kappa shape index (κ2) is 5.69. The number of benzene rings is 3. The van der Waals surface area contributed by atoms with Gasteiger partial charge in [-0.3, -0.25) is 9.36 Å². The second-order valence-electron chi connectivity index (χ2n) is 6.89. The van der Waals surface area contributed by atoms with Crippen molar-refractivity contribution in [3.63, 3.8) is 0 Å². The highest BCUT2D eigenvalue weighted by molar-refractivity contribution is 6.20. The predicted molar refractivity (Wildman–Crippen MR) is 113 cm³/mol. The monoisotopic (exact) mass is 379 g/mol. The first kappa shape index (κ1) is 15.9. The Morgan fingerprint density at radius 1 is 0.621 bits per heavy atom. The maximum absolute atomic E-state index is 13.8. The first-order chi connectivity index (χ1) is 14.2. The van der Waals surface area contributed by atoms with E-state index in [0.717, 1.165) is 5.69 Å². The zero-order chi connectivity index (χ0) is 19.5. The van der Waals surface area contributed by atoms with Crippen LogP contribution >= 0.6 is 0 Å². The minimum atomic E-state index is -0.592. The highest BCUT2D eigenvalue weighted by Gasteiger charge is 2.22. The van der Waals surface area contributed by atoms with Crippen molar-refractivity contribution < 1.29 is 8.83 Å². The molecule has 3 heterocycles. The van der Waals surface area contributed by atoms with Crippen molar-refractivity contribution in [1.82, 2.24) is 4.57 Å². The molecule has 0 saturated heterocycles. The molecule has 0 saturated carbocycles. The molecular formula is C24H13NO4. The van der Waals surface area contributed by atoms with Crippen LogP contribution < -0.4 is 11.2 Å². The van der Waals surface area contributed by atoms with Crippen LogP contribution in [0.25, 0.3) is 49.5 Å². The van der Waals surface area contributed by atoms with E-state index in [4.69, 9.17) is 8.83 Å². The number of para-hydroxylation sites is 3. The molecule has 6 rings (SSSR count). The van der Waals surface area contributed by atoms with Gasteiger partial charge in [-0.05, 0) is 30.3 Å². The number of fused-ring (bicyclic) bond motifs is 7. The third-order valence-electron chi connectivity index (χ3n) is 5.27. The fourth-order valence-corrected chi connectivity index (χ4v) is 4.05. The van der Waals surface area contributed by atoms with Crippen molar-refractivity contribution >= 4 is 43.8 Å². The zero-order valence-corrected chi connectivity index (χ0v) is 15.1. The second-order valence-corrected chi connectivity index (χ2v) is 6.89. The van der Waals surface area contributed by atoms with E-state index in [1.54, 1.807) is 10.6 Å². The summed E-state index contributed by atoms with van der Waals surface area (Å²) in [6.07, 6.45) is 0. The van der Waals surface area contributed by atoms with Gasteiger partial charge < -0.3 is 8.83 Å². The van der Waals surface area contributed by atoms with Gasteiger partial charge in [0.05, 0.1) is 16.3 Å². The molecule has 5 heteroatoms. The summed E-state index contributed by atoms with van der Waals surface area (Å²) in [6, 6.07) is 24.2. The molecule has 0 atom stereocenters. The van der Waals surface area contributed by atoms with E-state index in [-0.39, 0.29) is 16.7 Å². The Hall–Kier alpha value is -4.12. The van der Waals surface area contributed by atoms with E-state index in [2.05, 4.69) is 0 Å². The van der Waals surface area contributed by atoms with Crippen molar-refractivity contribution in [2.75, 3.05) is 0 Å². The number of aromatic nitrogens is 1. The number of rotatable bonds is 1. The molecule has 0 spiro atoms. The first-order valence-corrected chi connectivity index (χ1v) is 9.21. The third-order valence-corrected chi connectivity index (χ3v) is 5.27. The lowest BCUT2D eigenvalue weighted by molar-refractivity contribution is 0.546.